The second-order valence-corrected chi connectivity index (χ2v) is 7.31. The molecule has 0 fully saturated rings. The van der Waals surface area contributed by atoms with E-state index in [1.54, 1.807) is 17.8 Å². The number of nitrogens with one attached hydrogen (secondary N) is 1. The minimum Gasteiger partial charge on any atom is -0.326 e. The number of sulfonamides is 1. The summed E-state index contributed by atoms with van der Waals surface area (Å²) in [6, 6.07) is 4.57. The van der Waals surface area contributed by atoms with Crippen molar-refractivity contribution in [2.24, 2.45) is 5.73 Å². The number of rotatable bonds is 6. The third kappa shape index (κ3) is 4.13. The Morgan fingerprint density at radius 2 is 2.17 bits per heavy atom. The summed E-state index contributed by atoms with van der Waals surface area (Å²) in [6.07, 6.45) is 1.94. The third-order valence-corrected chi connectivity index (χ3v) is 5.26. The van der Waals surface area contributed by atoms with Gasteiger partial charge in [0.05, 0.1) is 4.90 Å². The van der Waals surface area contributed by atoms with E-state index in [2.05, 4.69) is 4.72 Å². The molecule has 1 rings (SSSR count). The van der Waals surface area contributed by atoms with E-state index in [0.717, 1.165) is 5.56 Å². The molecule has 7 heteroatoms. The van der Waals surface area contributed by atoms with Gasteiger partial charge in [-0.05, 0) is 24.0 Å². The predicted octanol–water partition coefficient (Wildman–Crippen LogP) is 1.83. The molecule has 0 aliphatic carbocycles. The molecule has 1 aromatic carbocycles. The van der Waals surface area contributed by atoms with Crippen molar-refractivity contribution in [2.45, 2.75) is 23.6 Å². The lowest BCUT2D eigenvalue weighted by molar-refractivity contribution is 0.581. The van der Waals surface area contributed by atoms with Gasteiger partial charge in [-0.1, -0.05) is 24.6 Å². The second-order valence-electron chi connectivity index (χ2n) is 3.86. The van der Waals surface area contributed by atoms with Gasteiger partial charge in [-0.2, -0.15) is 11.8 Å². The molecule has 0 amide bonds. The Morgan fingerprint density at radius 1 is 1.50 bits per heavy atom. The average molecular weight is 309 g/mol. The Morgan fingerprint density at radius 3 is 2.67 bits per heavy atom. The van der Waals surface area contributed by atoms with Gasteiger partial charge in [0.2, 0.25) is 10.0 Å². The monoisotopic (exact) mass is 308 g/mol. The van der Waals surface area contributed by atoms with Crippen molar-refractivity contribution in [1.82, 2.24) is 4.72 Å². The van der Waals surface area contributed by atoms with Gasteiger partial charge in [-0.25, -0.2) is 13.1 Å². The van der Waals surface area contributed by atoms with E-state index in [1.165, 1.54) is 12.1 Å². The van der Waals surface area contributed by atoms with Crippen molar-refractivity contribution in [1.29, 1.82) is 0 Å². The van der Waals surface area contributed by atoms with Crippen LogP contribution in [0, 0.1) is 0 Å². The lowest BCUT2D eigenvalue weighted by Crippen LogP contribution is -2.29. The lowest BCUT2D eigenvalue weighted by atomic mass is 10.2. The van der Waals surface area contributed by atoms with E-state index in [4.69, 9.17) is 17.3 Å². The summed E-state index contributed by atoms with van der Waals surface area (Å²) in [5.74, 6) is 0. The van der Waals surface area contributed by atoms with Crippen LogP contribution >= 0.6 is 23.4 Å². The molecule has 3 N–H and O–H groups in total. The maximum Gasteiger partial charge on any atom is 0.240 e. The summed E-state index contributed by atoms with van der Waals surface area (Å²) < 4.78 is 26.5. The zero-order valence-corrected chi connectivity index (χ0v) is 12.7. The lowest BCUT2D eigenvalue weighted by Gasteiger charge is -2.11. The van der Waals surface area contributed by atoms with Gasteiger partial charge in [0.1, 0.15) is 0 Å². The zero-order chi connectivity index (χ0) is 13.8. The number of thioether (sulfide) groups is 1. The molecule has 0 spiro atoms. The highest BCUT2D eigenvalue weighted by Crippen LogP contribution is 2.20. The van der Waals surface area contributed by atoms with Gasteiger partial charge < -0.3 is 5.73 Å². The molecule has 0 bridgehead atoms. The van der Waals surface area contributed by atoms with E-state index in [-0.39, 0.29) is 16.7 Å². The minimum absolute atomic E-state index is 0.165. The van der Waals surface area contributed by atoms with Gasteiger partial charge >= 0.3 is 0 Å². The van der Waals surface area contributed by atoms with Crippen molar-refractivity contribution in [3.63, 3.8) is 0 Å². The van der Waals surface area contributed by atoms with Crippen LogP contribution < -0.4 is 10.5 Å². The van der Waals surface area contributed by atoms with E-state index in [9.17, 15) is 8.42 Å². The molecule has 0 radical (unpaired) electrons. The van der Waals surface area contributed by atoms with Gasteiger partial charge in [0.15, 0.2) is 0 Å². The molecule has 102 valence electrons. The normalized spacial score (nSPS) is 13.6. The van der Waals surface area contributed by atoms with Crippen LogP contribution in [-0.4, -0.2) is 26.5 Å². The second kappa shape index (κ2) is 6.77. The summed E-state index contributed by atoms with van der Waals surface area (Å²) in [5, 5.41) is 0.594. The highest BCUT2D eigenvalue weighted by Gasteiger charge is 2.16. The number of hydrogen-bond donors (Lipinski definition) is 2. The first-order valence-electron chi connectivity index (χ1n) is 5.41. The van der Waals surface area contributed by atoms with E-state index in [1.807, 2.05) is 13.2 Å². The number of halogens is 1. The molecule has 0 saturated carbocycles. The first kappa shape index (κ1) is 15.8. The van der Waals surface area contributed by atoms with Crippen molar-refractivity contribution in [3.8, 4) is 0 Å². The summed E-state index contributed by atoms with van der Waals surface area (Å²) in [4.78, 5) is 0.165. The van der Waals surface area contributed by atoms with E-state index in [0.29, 0.717) is 11.6 Å². The standard InChI is InChI=1S/C11H17ClN2O2S2/c1-8(17-2)7-14-18(15,16)10-4-3-9(6-13)11(12)5-10/h3-5,8,14H,6-7,13H2,1-2H3. The van der Waals surface area contributed by atoms with Crippen molar-refractivity contribution in [2.75, 3.05) is 12.8 Å². The number of nitrogens with two attached hydrogens (primary N) is 1. The number of hydrogen-bond acceptors (Lipinski definition) is 4. The molecule has 4 nitrogen and oxygen atoms in total. The Bertz CT molecular complexity index is 506. The highest BCUT2D eigenvalue weighted by atomic mass is 35.5. The smallest absolute Gasteiger partial charge is 0.240 e. The fourth-order valence-corrected chi connectivity index (χ4v) is 3.09. The Balaban J connectivity index is 2.88. The van der Waals surface area contributed by atoms with Gasteiger partial charge in [0, 0.05) is 23.4 Å². The molecule has 0 heterocycles. The predicted molar refractivity (Wildman–Crippen MR) is 77.5 cm³/mol. The number of benzene rings is 1. The van der Waals surface area contributed by atoms with Crippen molar-refractivity contribution < 1.29 is 8.42 Å². The fraction of sp³-hybridized carbons (Fsp3) is 0.455. The van der Waals surface area contributed by atoms with E-state index >= 15 is 0 Å². The molecule has 1 unspecified atom stereocenters. The Kier molecular flexibility index (Phi) is 5.94. The zero-order valence-electron chi connectivity index (χ0n) is 10.3. The average Bonchev–Trinajstić information content (AvgIpc) is 2.35. The molecule has 1 atom stereocenters. The van der Waals surface area contributed by atoms with Crippen LogP contribution in [0.1, 0.15) is 12.5 Å². The SMILES string of the molecule is CSC(C)CNS(=O)(=O)c1ccc(CN)c(Cl)c1. The molecule has 0 aromatic heterocycles. The van der Waals surface area contributed by atoms with Crippen LogP contribution in [0.2, 0.25) is 5.02 Å². The van der Waals surface area contributed by atoms with Crippen LogP contribution in [0.5, 0.6) is 0 Å². The minimum atomic E-state index is -3.50. The molecule has 0 aliphatic rings. The summed E-state index contributed by atoms with van der Waals surface area (Å²) in [5.41, 5.74) is 6.20. The van der Waals surface area contributed by atoms with Crippen LogP contribution in [0.15, 0.2) is 23.1 Å². The van der Waals surface area contributed by atoms with E-state index < -0.39 is 10.0 Å². The molecule has 0 saturated heterocycles. The first-order valence-corrected chi connectivity index (χ1v) is 8.56. The topological polar surface area (TPSA) is 72.2 Å². The quantitative estimate of drug-likeness (QED) is 0.841. The van der Waals surface area contributed by atoms with Gasteiger partial charge in [-0.15, -0.1) is 0 Å². The summed E-state index contributed by atoms with van der Waals surface area (Å²) in [6.45, 7) is 2.63. The van der Waals surface area contributed by atoms with Crippen molar-refractivity contribution in [3.05, 3.63) is 28.8 Å². The van der Waals surface area contributed by atoms with Crippen LogP contribution in [0.4, 0.5) is 0 Å². The van der Waals surface area contributed by atoms with Crippen LogP contribution in [0.3, 0.4) is 0 Å². The maximum atomic E-state index is 12.0. The largest absolute Gasteiger partial charge is 0.326 e. The molecule has 18 heavy (non-hydrogen) atoms. The molecule has 0 aliphatic heterocycles. The van der Waals surface area contributed by atoms with Crippen LogP contribution in [-0.2, 0) is 16.6 Å². The summed E-state index contributed by atoms with van der Waals surface area (Å²) >= 11 is 7.55. The third-order valence-electron chi connectivity index (χ3n) is 2.52. The van der Waals surface area contributed by atoms with Gasteiger partial charge in [-0.3, -0.25) is 0 Å². The first-order chi connectivity index (χ1) is 8.40. The maximum absolute atomic E-state index is 12.0. The molecule has 1 aromatic rings. The fourth-order valence-electron chi connectivity index (χ4n) is 1.25. The Hall–Kier alpha value is -0.270. The summed E-state index contributed by atoms with van der Waals surface area (Å²) in [7, 11) is -3.50. The van der Waals surface area contributed by atoms with Gasteiger partial charge in [0.25, 0.3) is 0 Å². The molecular weight excluding hydrogens is 292 g/mol. The van der Waals surface area contributed by atoms with Crippen molar-refractivity contribution >= 4 is 33.4 Å². The highest BCUT2D eigenvalue weighted by molar-refractivity contribution is 7.99. The molecular formula is C11H17ClN2O2S2. The van der Waals surface area contributed by atoms with Crippen LogP contribution in [0.25, 0.3) is 0 Å². The Labute approximate surface area is 117 Å².